The molecule has 0 saturated carbocycles. The monoisotopic (exact) mass is 535 g/mol. The van der Waals surface area contributed by atoms with Crippen molar-refractivity contribution < 1.29 is 4.79 Å². The molecule has 204 valence electrons. The summed E-state index contributed by atoms with van der Waals surface area (Å²) >= 11 is 0. The lowest BCUT2D eigenvalue weighted by molar-refractivity contribution is -0.117. The van der Waals surface area contributed by atoms with Gasteiger partial charge in [0.05, 0.1) is 18.7 Å². The number of benzene rings is 2. The van der Waals surface area contributed by atoms with Crippen molar-refractivity contribution in [3.05, 3.63) is 81.8 Å². The molecule has 0 unspecified atom stereocenters. The lowest BCUT2D eigenvalue weighted by Gasteiger charge is -2.38. The second-order valence-corrected chi connectivity index (χ2v) is 11.8. The summed E-state index contributed by atoms with van der Waals surface area (Å²) in [5.41, 5.74) is 6.77. The van der Waals surface area contributed by atoms with Gasteiger partial charge in [0.1, 0.15) is 5.39 Å². The number of carbonyl (C=O) groups is 1. The molecular weight excluding hydrogens is 502 g/mol. The van der Waals surface area contributed by atoms with Crippen molar-refractivity contribution in [3.63, 3.8) is 0 Å². The molecule has 0 aliphatic carbocycles. The van der Waals surface area contributed by atoms with Crippen LogP contribution in [0.15, 0.2) is 59.5 Å². The summed E-state index contributed by atoms with van der Waals surface area (Å²) in [7, 11) is 2.15. The average molecular weight is 536 g/mol. The molecule has 3 aliphatic heterocycles. The average Bonchev–Trinajstić information content (AvgIpc) is 3.36. The Morgan fingerprint density at radius 1 is 1.02 bits per heavy atom. The number of hydrogen-bond donors (Lipinski definition) is 1. The maximum absolute atomic E-state index is 13.5. The molecule has 3 aliphatic rings. The molecule has 4 aromatic rings. The van der Waals surface area contributed by atoms with Crippen molar-refractivity contribution in [2.45, 2.75) is 51.6 Å². The number of nitrogens with one attached hydrogen (secondary N) is 1. The molecule has 7 rings (SSSR count). The molecule has 2 bridgehead atoms. The Morgan fingerprint density at radius 2 is 1.90 bits per heavy atom. The minimum Gasteiger partial charge on any atom is -0.324 e. The van der Waals surface area contributed by atoms with E-state index in [4.69, 9.17) is 4.98 Å². The van der Waals surface area contributed by atoms with E-state index in [0.29, 0.717) is 36.5 Å². The zero-order valence-corrected chi connectivity index (χ0v) is 23.1. The Kier molecular flexibility index (Phi) is 5.67. The van der Waals surface area contributed by atoms with Crippen LogP contribution in [-0.2, 0) is 29.7 Å². The number of fused-ring (bicyclic) bond motifs is 6. The molecule has 2 aromatic heterocycles. The van der Waals surface area contributed by atoms with E-state index in [0.717, 1.165) is 48.6 Å². The van der Waals surface area contributed by atoms with Crippen LogP contribution in [0.4, 0.5) is 17.3 Å². The highest BCUT2D eigenvalue weighted by Crippen LogP contribution is 2.35. The zero-order chi connectivity index (χ0) is 27.6. The van der Waals surface area contributed by atoms with Crippen molar-refractivity contribution >= 4 is 34.3 Å². The van der Waals surface area contributed by atoms with Gasteiger partial charge in [-0.1, -0.05) is 38.1 Å². The van der Waals surface area contributed by atoms with E-state index < -0.39 is 0 Å². The Balaban J connectivity index is 1.33. The third kappa shape index (κ3) is 4.03. The molecule has 1 N–H and O–H groups in total. The van der Waals surface area contributed by atoms with E-state index in [1.165, 1.54) is 11.1 Å². The molecule has 0 radical (unpaired) electrons. The normalized spacial score (nSPS) is 19.1. The first-order valence-electron chi connectivity index (χ1n) is 13.9. The molecule has 0 atom stereocenters. The standard InChI is InChI=1S/C31H33N7O2/c1-31(2)19-35(3)18-21-14-22(9-11-25(21)31)33-30-32-17-24-28(34-30)38-23-10-8-20-15-27(39)36(26(20)16-23)12-6-4-5-7-13-37(38)29(24)40/h5,7-11,14,16-17H,4,6,12-13,15,18-19H2,1-3H3,(H,32,33,34)/b7-5-. The Morgan fingerprint density at radius 3 is 2.77 bits per heavy atom. The van der Waals surface area contributed by atoms with Gasteiger partial charge in [-0.3, -0.25) is 9.59 Å². The van der Waals surface area contributed by atoms with Gasteiger partial charge in [0.15, 0.2) is 5.65 Å². The number of anilines is 3. The van der Waals surface area contributed by atoms with Crippen LogP contribution in [0.3, 0.4) is 0 Å². The number of nitrogens with zero attached hydrogens (tertiary/aromatic N) is 6. The summed E-state index contributed by atoms with van der Waals surface area (Å²) in [4.78, 5) is 39.9. The largest absolute Gasteiger partial charge is 0.324 e. The number of aromatic nitrogens is 4. The van der Waals surface area contributed by atoms with E-state index in [9.17, 15) is 9.59 Å². The van der Waals surface area contributed by atoms with E-state index in [-0.39, 0.29) is 16.9 Å². The second-order valence-electron chi connectivity index (χ2n) is 11.8. The fraction of sp³-hybridized carbons (Fsp3) is 0.355. The smallest absolute Gasteiger partial charge is 0.278 e. The van der Waals surface area contributed by atoms with E-state index in [1.807, 2.05) is 33.9 Å². The predicted octanol–water partition coefficient (Wildman–Crippen LogP) is 4.29. The molecule has 2 aromatic carbocycles. The molecular formula is C31H33N7O2. The lowest BCUT2D eigenvalue weighted by atomic mass is 9.78. The van der Waals surface area contributed by atoms with Gasteiger partial charge in [-0.05, 0) is 60.8 Å². The summed E-state index contributed by atoms with van der Waals surface area (Å²) < 4.78 is 3.56. The van der Waals surface area contributed by atoms with Gasteiger partial charge in [-0.15, -0.1) is 0 Å². The summed E-state index contributed by atoms with van der Waals surface area (Å²) in [6, 6.07) is 12.4. The highest BCUT2D eigenvalue weighted by atomic mass is 16.2. The van der Waals surface area contributed by atoms with Crippen LogP contribution >= 0.6 is 0 Å². The minimum atomic E-state index is -0.143. The van der Waals surface area contributed by atoms with E-state index >= 15 is 0 Å². The van der Waals surface area contributed by atoms with Crippen LogP contribution in [0, 0.1) is 0 Å². The second kappa shape index (κ2) is 9.16. The van der Waals surface area contributed by atoms with Crippen molar-refractivity contribution in [1.29, 1.82) is 0 Å². The van der Waals surface area contributed by atoms with Crippen LogP contribution < -0.4 is 15.8 Å². The minimum absolute atomic E-state index is 0.0836. The van der Waals surface area contributed by atoms with Crippen molar-refractivity contribution in [2.24, 2.45) is 0 Å². The van der Waals surface area contributed by atoms with Gasteiger partial charge in [-0.2, -0.15) is 4.98 Å². The first-order chi connectivity index (χ1) is 19.3. The first kappa shape index (κ1) is 24.8. The topological polar surface area (TPSA) is 88.3 Å². The van der Waals surface area contributed by atoms with Gasteiger partial charge in [0.2, 0.25) is 11.9 Å². The van der Waals surface area contributed by atoms with Gasteiger partial charge in [0.25, 0.3) is 5.56 Å². The van der Waals surface area contributed by atoms with Gasteiger partial charge < -0.3 is 15.1 Å². The van der Waals surface area contributed by atoms with Crippen LogP contribution in [0.25, 0.3) is 16.7 Å². The number of likely N-dealkylation sites (N-methyl/N-ethyl adjacent to an activating group) is 1. The summed E-state index contributed by atoms with van der Waals surface area (Å²) in [6.45, 7) is 7.57. The molecule has 9 nitrogen and oxygen atoms in total. The van der Waals surface area contributed by atoms with Crippen molar-refractivity contribution in [2.75, 3.05) is 30.4 Å². The van der Waals surface area contributed by atoms with Gasteiger partial charge >= 0.3 is 0 Å². The summed E-state index contributed by atoms with van der Waals surface area (Å²) in [5, 5.41) is 3.83. The highest BCUT2D eigenvalue weighted by molar-refractivity contribution is 6.01. The maximum atomic E-state index is 13.5. The predicted molar refractivity (Wildman–Crippen MR) is 157 cm³/mol. The highest BCUT2D eigenvalue weighted by Gasteiger charge is 2.31. The van der Waals surface area contributed by atoms with Crippen LogP contribution in [0.1, 0.15) is 43.4 Å². The summed E-state index contributed by atoms with van der Waals surface area (Å²) in [5.74, 6) is 0.549. The van der Waals surface area contributed by atoms with Gasteiger partial charge in [-0.25, -0.2) is 14.3 Å². The number of amides is 1. The Hall–Kier alpha value is -4.24. The first-order valence-corrected chi connectivity index (χ1v) is 13.9. The SMILES string of the molecule is CN1Cc2cc(Nc3ncc4c(=O)n5n(c4n3)-c3ccc4c(c3)N(CCC/C=C\C5)C(=O)C4)ccc2C(C)(C)C1. The summed E-state index contributed by atoms with van der Waals surface area (Å²) in [6.07, 6.45) is 7.84. The number of rotatable bonds is 2. The molecule has 5 heterocycles. The maximum Gasteiger partial charge on any atom is 0.278 e. The molecule has 9 heteroatoms. The number of carbonyl (C=O) groups excluding carboxylic acids is 1. The van der Waals surface area contributed by atoms with Gasteiger partial charge in [0, 0.05) is 42.6 Å². The molecule has 0 spiro atoms. The van der Waals surface area contributed by atoms with Crippen LogP contribution in [-0.4, -0.2) is 50.3 Å². The third-order valence-corrected chi connectivity index (χ3v) is 8.32. The zero-order valence-electron chi connectivity index (χ0n) is 23.1. The van der Waals surface area contributed by atoms with E-state index in [2.05, 4.69) is 60.4 Å². The molecule has 40 heavy (non-hydrogen) atoms. The van der Waals surface area contributed by atoms with Crippen molar-refractivity contribution in [3.8, 4) is 5.69 Å². The fourth-order valence-corrected chi connectivity index (χ4v) is 6.60. The van der Waals surface area contributed by atoms with Crippen LogP contribution in [0.2, 0.25) is 0 Å². The van der Waals surface area contributed by atoms with Crippen LogP contribution in [0.5, 0.6) is 0 Å². The molecule has 0 fully saturated rings. The van der Waals surface area contributed by atoms with E-state index in [1.54, 1.807) is 10.9 Å². The fourth-order valence-electron chi connectivity index (χ4n) is 6.60. The Bertz CT molecular complexity index is 1760. The quantitative estimate of drug-likeness (QED) is 0.386. The third-order valence-electron chi connectivity index (χ3n) is 8.32. The molecule has 0 saturated heterocycles. The van der Waals surface area contributed by atoms with Crippen molar-refractivity contribution in [1.82, 2.24) is 24.2 Å². The number of hydrogen-bond acceptors (Lipinski definition) is 6. The number of allylic oxidation sites excluding steroid dienone is 2. The lowest BCUT2D eigenvalue weighted by Crippen LogP contribution is -2.39. The molecule has 1 amide bonds. The Labute approximate surface area is 232 Å².